The van der Waals surface area contributed by atoms with E-state index >= 15 is 0 Å². The van der Waals surface area contributed by atoms with Crippen LogP contribution in [0.5, 0.6) is 0 Å². The molecule has 0 aliphatic heterocycles. The fourth-order valence-electron chi connectivity index (χ4n) is 2.78. The number of ether oxygens (including phenoxy) is 1. The van der Waals surface area contributed by atoms with Crippen LogP contribution < -0.4 is 0 Å². The van der Waals surface area contributed by atoms with Crippen LogP contribution in [-0.4, -0.2) is 12.6 Å². The summed E-state index contributed by atoms with van der Waals surface area (Å²) >= 11 is 0. The molecular weight excluding hydrogens is 308 g/mol. The molecule has 0 unspecified atom stereocenters. The van der Waals surface area contributed by atoms with Crippen LogP contribution in [0.25, 0.3) is 28.0 Å². The van der Waals surface area contributed by atoms with Gasteiger partial charge in [-0.2, -0.15) is 0 Å². The van der Waals surface area contributed by atoms with Crippen molar-refractivity contribution in [3.05, 3.63) is 78.4 Å². The quantitative estimate of drug-likeness (QED) is 0.321. The van der Waals surface area contributed by atoms with E-state index in [0.717, 1.165) is 18.4 Å². The highest BCUT2D eigenvalue weighted by atomic mass is 16.5. The van der Waals surface area contributed by atoms with Crippen molar-refractivity contribution < 1.29 is 9.53 Å². The van der Waals surface area contributed by atoms with Crippen molar-refractivity contribution in [2.24, 2.45) is 0 Å². The van der Waals surface area contributed by atoms with Gasteiger partial charge in [0.2, 0.25) is 0 Å². The van der Waals surface area contributed by atoms with Gasteiger partial charge in [0.15, 0.2) is 0 Å². The van der Waals surface area contributed by atoms with Crippen molar-refractivity contribution in [2.45, 2.75) is 19.8 Å². The van der Waals surface area contributed by atoms with Gasteiger partial charge in [-0.25, -0.2) is 4.79 Å². The Morgan fingerprint density at radius 2 is 1.72 bits per heavy atom. The molecule has 2 heteroatoms. The van der Waals surface area contributed by atoms with Gasteiger partial charge < -0.3 is 4.74 Å². The van der Waals surface area contributed by atoms with E-state index in [1.807, 2.05) is 12.1 Å². The first-order chi connectivity index (χ1) is 12.3. The Balaban J connectivity index is 1.75. The van der Waals surface area contributed by atoms with Gasteiger partial charge in [0.1, 0.15) is 0 Å². The Morgan fingerprint density at radius 1 is 0.960 bits per heavy atom. The molecule has 0 aliphatic rings. The molecule has 3 aromatic rings. The molecule has 0 bridgehead atoms. The summed E-state index contributed by atoms with van der Waals surface area (Å²) in [4.78, 5) is 11.6. The number of hydrogen-bond donors (Lipinski definition) is 0. The zero-order valence-corrected chi connectivity index (χ0v) is 14.4. The van der Waals surface area contributed by atoms with E-state index in [2.05, 4.69) is 61.5 Å². The first-order valence-electron chi connectivity index (χ1n) is 8.71. The zero-order chi connectivity index (χ0) is 17.5. The smallest absolute Gasteiger partial charge is 0.330 e. The van der Waals surface area contributed by atoms with Gasteiger partial charge in [0.25, 0.3) is 0 Å². The highest BCUT2D eigenvalue weighted by Crippen LogP contribution is 2.28. The van der Waals surface area contributed by atoms with Crippen LogP contribution in [0.4, 0.5) is 0 Å². The molecule has 0 heterocycles. The normalized spacial score (nSPS) is 11.1. The Morgan fingerprint density at radius 3 is 2.52 bits per heavy atom. The van der Waals surface area contributed by atoms with Crippen LogP contribution in [0, 0.1) is 0 Å². The molecule has 0 N–H and O–H groups in total. The van der Waals surface area contributed by atoms with Crippen LogP contribution in [0.15, 0.2) is 72.8 Å². The van der Waals surface area contributed by atoms with E-state index < -0.39 is 0 Å². The monoisotopic (exact) mass is 330 g/mol. The van der Waals surface area contributed by atoms with E-state index in [0.29, 0.717) is 6.61 Å². The number of carbonyl (C=O) groups is 1. The second kappa shape index (κ2) is 8.29. The highest BCUT2D eigenvalue weighted by molar-refractivity contribution is 5.96. The molecule has 0 fully saturated rings. The van der Waals surface area contributed by atoms with Gasteiger partial charge in [-0.05, 0) is 40.0 Å². The van der Waals surface area contributed by atoms with Crippen molar-refractivity contribution in [1.29, 1.82) is 0 Å². The molecule has 0 saturated heterocycles. The van der Waals surface area contributed by atoms with Gasteiger partial charge in [-0.1, -0.05) is 80.1 Å². The van der Waals surface area contributed by atoms with Crippen molar-refractivity contribution in [3.8, 4) is 11.1 Å². The van der Waals surface area contributed by atoms with E-state index in [1.165, 1.54) is 28.0 Å². The minimum atomic E-state index is -0.286. The Bertz CT molecular complexity index is 871. The lowest BCUT2D eigenvalue weighted by Gasteiger charge is -2.07. The third-order valence-corrected chi connectivity index (χ3v) is 4.17. The summed E-state index contributed by atoms with van der Waals surface area (Å²) in [6.07, 6.45) is 5.20. The molecule has 0 radical (unpaired) electrons. The average molecular weight is 330 g/mol. The summed E-state index contributed by atoms with van der Waals surface area (Å²) < 4.78 is 5.12. The summed E-state index contributed by atoms with van der Waals surface area (Å²) in [7, 11) is 0. The first kappa shape index (κ1) is 17.0. The predicted molar refractivity (Wildman–Crippen MR) is 104 cm³/mol. The molecule has 3 rings (SSSR count). The summed E-state index contributed by atoms with van der Waals surface area (Å²) in [5.74, 6) is -0.286. The van der Waals surface area contributed by atoms with Gasteiger partial charge in [0.05, 0.1) is 6.61 Å². The number of hydrogen-bond acceptors (Lipinski definition) is 2. The minimum Gasteiger partial charge on any atom is -0.463 e. The highest BCUT2D eigenvalue weighted by Gasteiger charge is 2.03. The minimum absolute atomic E-state index is 0.286. The van der Waals surface area contributed by atoms with E-state index in [4.69, 9.17) is 4.74 Å². The van der Waals surface area contributed by atoms with Crippen molar-refractivity contribution >= 4 is 22.8 Å². The topological polar surface area (TPSA) is 26.3 Å². The maximum Gasteiger partial charge on any atom is 0.330 e. The second-order valence-corrected chi connectivity index (χ2v) is 6.00. The van der Waals surface area contributed by atoms with E-state index in [9.17, 15) is 4.79 Å². The number of esters is 1. The van der Waals surface area contributed by atoms with Gasteiger partial charge in [-0.3, -0.25) is 0 Å². The zero-order valence-electron chi connectivity index (χ0n) is 14.4. The SMILES string of the molecule is CCCCOC(=O)/C=C/c1ccc(-c2cccc3ccccc23)cc1. The fraction of sp³-hybridized carbons (Fsp3) is 0.174. The average Bonchev–Trinajstić information content (AvgIpc) is 2.66. The number of fused-ring (bicyclic) bond motifs is 1. The predicted octanol–water partition coefficient (Wildman–Crippen LogP) is 5.86. The molecule has 126 valence electrons. The van der Waals surface area contributed by atoms with E-state index in [-0.39, 0.29) is 5.97 Å². The third-order valence-electron chi connectivity index (χ3n) is 4.17. The van der Waals surface area contributed by atoms with Gasteiger partial charge >= 0.3 is 5.97 Å². The molecule has 3 aromatic carbocycles. The number of unbranched alkanes of at least 4 members (excludes halogenated alkanes) is 1. The summed E-state index contributed by atoms with van der Waals surface area (Å²) in [5.41, 5.74) is 3.36. The molecular formula is C23H22O2. The Kier molecular flexibility index (Phi) is 5.63. The van der Waals surface area contributed by atoms with Crippen molar-refractivity contribution in [1.82, 2.24) is 0 Å². The van der Waals surface area contributed by atoms with Crippen LogP contribution in [-0.2, 0) is 9.53 Å². The summed E-state index contributed by atoms with van der Waals surface area (Å²) in [5, 5.41) is 2.48. The lowest BCUT2D eigenvalue weighted by Crippen LogP contribution is -2.01. The van der Waals surface area contributed by atoms with Crippen LogP contribution in [0.2, 0.25) is 0 Å². The molecule has 0 saturated carbocycles. The lowest BCUT2D eigenvalue weighted by atomic mass is 9.97. The third kappa shape index (κ3) is 4.36. The molecule has 25 heavy (non-hydrogen) atoms. The van der Waals surface area contributed by atoms with Crippen LogP contribution in [0.3, 0.4) is 0 Å². The maximum absolute atomic E-state index is 11.6. The summed E-state index contributed by atoms with van der Waals surface area (Å²) in [6, 6.07) is 22.9. The van der Waals surface area contributed by atoms with E-state index in [1.54, 1.807) is 6.08 Å². The summed E-state index contributed by atoms with van der Waals surface area (Å²) in [6.45, 7) is 2.56. The lowest BCUT2D eigenvalue weighted by molar-refractivity contribution is -0.137. The van der Waals surface area contributed by atoms with Crippen molar-refractivity contribution in [2.75, 3.05) is 6.61 Å². The Labute approximate surface area is 148 Å². The van der Waals surface area contributed by atoms with Crippen molar-refractivity contribution in [3.63, 3.8) is 0 Å². The number of benzene rings is 3. The fourth-order valence-corrected chi connectivity index (χ4v) is 2.78. The molecule has 0 amide bonds. The van der Waals surface area contributed by atoms with Crippen LogP contribution in [0.1, 0.15) is 25.3 Å². The molecule has 0 atom stereocenters. The largest absolute Gasteiger partial charge is 0.463 e. The number of rotatable bonds is 6. The second-order valence-electron chi connectivity index (χ2n) is 6.00. The Hall–Kier alpha value is -2.87. The van der Waals surface area contributed by atoms with Gasteiger partial charge in [-0.15, -0.1) is 0 Å². The molecule has 2 nitrogen and oxygen atoms in total. The molecule has 0 aromatic heterocycles. The van der Waals surface area contributed by atoms with Gasteiger partial charge in [0, 0.05) is 6.08 Å². The number of carbonyl (C=O) groups excluding carboxylic acids is 1. The first-order valence-corrected chi connectivity index (χ1v) is 8.71. The standard InChI is InChI=1S/C23H22O2/c1-2-3-17-25-23(24)16-13-18-11-14-20(15-12-18)22-10-6-8-19-7-4-5-9-21(19)22/h4-16H,2-3,17H2,1H3/b16-13+. The van der Waals surface area contributed by atoms with Crippen LogP contribution >= 0.6 is 0 Å². The molecule has 0 spiro atoms. The molecule has 0 aliphatic carbocycles. The maximum atomic E-state index is 11.6.